The molecule has 0 atom stereocenters. The Balaban J connectivity index is 1.89. The Morgan fingerprint density at radius 2 is 1.76 bits per heavy atom. The first-order valence-corrected chi connectivity index (χ1v) is 8.15. The van der Waals surface area contributed by atoms with Gasteiger partial charge in [-0.25, -0.2) is 0 Å². The zero-order valence-corrected chi connectivity index (χ0v) is 15.1. The van der Waals surface area contributed by atoms with Crippen molar-refractivity contribution in [1.29, 1.82) is 0 Å². The Morgan fingerprint density at radius 3 is 2.34 bits per heavy atom. The van der Waals surface area contributed by atoms with Crippen LogP contribution in [0.3, 0.4) is 0 Å². The van der Waals surface area contributed by atoms with Crippen molar-refractivity contribution in [2.75, 3.05) is 25.5 Å². The standard InChI is InChI=1S/C18H16F3N3O5/c1-23(17(26)11-29-13-8-6-12(7-9-13)24(27)28)10-16(25)22-15-5-3-2-4-14(15)18(19,20)21/h2-9H,10-11H2,1H3,(H,22,25). The summed E-state index contributed by atoms with van der Waals surface area (Å²) in [5, 5.41) is 12.7. The van der Waals surface area contributed by atoms with Crippen molar-refractivity contribution in [3.8, 4) is 5.75 Å². The fraction of sp³-hybridized carbons (Fsp3) is 0.222. The molecule has 154 valence electrons. The van der Waals surface area contributed by atoms with Crippen LogP contribution in [0.25, 0.3) is 0 Å². The Bertz CT molecular complexity index is 900. The van der Waals surface area contributed by atoms with Gasteiger partial charge in [0.05, 0.1) is 22.7 Å². The summed E-state index contributed by atoms with van der Waals surface area (Å²) in [7, 11) is 1.29. The van der Waals surface area contributed by atoms with E-state index in [9.17, 15) is 32.9 Å². The molecule has 0 fully saturated rings. The molecule has 2 aromatic carbocycles. The van der Waals surface area contributed by atoms with Gasteiger partial charge in [0, 0.05) is 19.2 Å². The zero-order chi connectivity index (χ0) is 21.6. The molecular formula is C18H16F3N3O5. The minimum atomic E-state index is -4.63. The van der Waals surface area contributed by atoms with Crippen LogP contribution in [-0.2, 0) is 15.8 Å². The summed E-state index contributed by atoms with van der Waals surface area (Å²) < 4.78 is 44.0. The maximum absolute atomic E-state index is 13.0. The lowest BCUT2D eigenvalue weighted by molar-refractivity contribution is -0.384. The van der Waals surface area contributed by atoms with E-state index in [2.05, 4.69) is 5.32 Å². The van der Waals surface area contributed by atoms with Gasteiger partial charge in [-0.05, 0) is 24.3 Å². The number of anilines is 1. The lowest BCUT2D eigenvalue weighted by Gasteiger charge is -2.18. The molecule has 2 aromatic rings. The van der Waals surface area contributed by atoms with Crippen molar-refractivity contribution in [2.45, 2.75) is 6.18 Å². The second kappa shape index (κ2) is 9.04. The van der Waals surface area contributed by atoms with Gasteiger partial charge >= 0.3 is 6.18 Å². The molecule has 2 amide bonds. The van der Waals surface area contributed by atoms with Gasteiger partial charge in [-0.3, -0.25) is 19.7 Å². The van der Waals surface area contributed by atoms with E-state index in [0.717, 1.165) is 17.0 Å². The molecule has 29 heavy (non-hydrogen) atoms. The third-order valence-corrected chi connectivity index (χ3v) is 3.72. The number of nitrogens with zero attached hydrogens (tertiary/aromatic N) is 2. The number of benzene rings is 2. The van der Waals surface area contributed by atoms with Crippen LogP contribution in [0.5, 0.6) is 5.75 Å². The van der Waals surface area contributed by atoms with Crippen molar-refractivity contribution >= 4 is 23.2 Å². The molecule has 2 rings (SSSR count). The molecule has 0 aliphatic heterocycles. The number of halogens is 3. The van der Waals surface area contributed by atoms with Gasteiger partial charge < -0.3 is 15.0 Å². The Hall–Kier alpha value is -3.63. The topological polar surface area (TPSA) is 102 Å². The fourth-order valence-corrected chi connectivity index (χ4v) is 2.25. The maximum atomic E-state index is 13.0. The van der Waals surface area contributed by atoms with E-state index < -0.39 is 47.3 Å². The first-order valence-electron chi connectivity index (χ1n) is 8.15. The van der Waals surface area contributed by atoms with Gasteiger partial charge in [0.2, 0.25) is 5.91 Å². The fourth-order valence-electron chi connectivity index (χ4n) is 2.25. The number of nitro benzene ring substituents is 1. The van der Waals surface area contributed by atoms with Crippen LogP contribution in [0.15, 0.2) is 48.5 Å². The average Bonchev–Trinajstić information content (AvgIpc) is 2.65. The number of amides is 2. The van der Waals surface area contributed by atoms with Crippen molar-refractivity contribution in [3.63, 3.8) is 0 Å². The molecule has 11 heteroatoms. The van der Waals surface area contributed by atoms with E-state index in [1.165, 1.54) is 43.4 Å². The van der Waals surface area contributed by atoms with E-state index in [-0.39, 0.29) is 11.4 Å². The summed E-state index contributed by atoms with van der Waals surface area (Å²) in [5.74, 6) is -1.21. The second-order valence-corrected chi connectivity index (χ2v) is 5.88. The van der Waals surface area contributed by atoms with Crippen LogP contribution < -0.4 is 10.1 Å². The zero-order valence-electron chi connectivity index (χ0n) is 15.1. The largest absolute Gasteiger partial charge is 0.484 e. The third kappa shape index (κ3) is 6.19. The molecule has 0 spiro atoms. The van der Waals surface area contributed by atoms with E-state index in [1.54, 1.807) is 0 Å². The molecule has 0 bridgehead atoms. The second-order valence-electron chi connectivity index (χ2n) is 5.88. The summed E-state index contributed by atoms with van der Waals surface area (Å²) in [5.41, 5.74) is -1.55. The number of hydrogen-bond donors (Lipinski definition) is 1. The number of hydrogen-bond acceptors (Lipinski definition) is 5. The number of ether oxygens (including phenoxy) is 1. The predicted octanol–water partition coefficient (Wildman–Crippen LogP) is 3.09. The highest BCUT2D eigenvalue weighted by Crippen LogP contribution is 2.34. The minimum absolute atomic E-state index is 0.142. The highest BCUT2D eigenvalue weighted by molar-refractivity contribution is 5.95. The Labute approximate surface area is 163 Å². The number of non-ortho nitro benzene ring substituents is 1. The molecular weight excluding hydrogens is 395 g/mol. The normalized spacial score (nSPS) is 10.9. The molecule has 0 aromatic heterocycles. The summed E-state index contributed by atoms with van der Waals surface area (Å²) in [6.07, 6.45) is -4.63. The smallest absolute Gasteiger partial charge is 0.418 e. The molecule has 0 aliphatic rings. The van der Waals surface area contributed by atoms with Crippen LogP contribution in [0.2, 0.25) is 0 Å². The molecule has 0 radical (unpaired) electrons. The lowest BCUT2D eigenvalue weighted by atomic mass is 10.1. The average molecular weight is 411 g/mol. The first kappa shape index (κ1) is 21.7. The number of nitro groups is 1. The molecule has 0 aliphatic carbocycles. The van der Waals surface area contributed by atoms with E-state index >= 15 is 0 Å². The van der Waals surface area contributed by atoms with Crippen molar-refractivity contribution in [2.24, 2.45) is 0 Å². The quantitative estimate of drug-likeness (QED) is 0.557. The van der Waals surface area contributed by atoms with Crippen molar-refractivity contribution < 1.29 is 32.4 Å². The lowest BCUT2D eigenvalue weighted by Crippen LogP contribution is -2.37. The highest BCUT2D eigenvalue weighted by atomic mass is 19.4. The number of carbonyl (C=O) groups excluding carboxylic acids is 2. The molecule has 0 heterocycles. The van der Waals surface area contributed by atoms with Crippen LogP contribution >= 0.6 is 0 Å². The summed E-state index contributed by atoms with van der Waals surface area (Å²) >= 11 is 0. The van der Waals surface area contributed by atoms with Gasteiger partial charge in [-0.15, -0.1) is 0 Å². The number of likely N-dealkylation sites (N-methyl/N-ethyl adjacent to an activating group) is 1. The number of nitrogens with one attached hydrogen (secondary N) is 1. The van der Waals surface area contributed by atoms with Gasteiger partial charge in [-0.2, -0.15) is 13.2 Å². The highest BCUT2D eigenvalue weighted by Gasteiger charge is 2.33. The molecule has 1 N–H and O–H groups in total. The molecule has 0 unspecified atom stereocenters. The van der Waals surface area contributed by atoms with E-state index in [0.29, 0.717) is 0 Å². The number of rotatable bonds is 7. The number of para-hydroxylation sites is 1. The number of alkyl halides is 3. The monoisotopic (exact) mass is 411 g/mol. The van der Waals surface area contributed by atoms with Crippen LogP contribution in [0.4, 0.5) is 24.5 Å². The van der Waals surface area contributed by atoms with Crippen LogP contribution in [-0.4, -0.2) is 41.8 Å². The van der Waals surface area contributed by atoms with Gasteiger partial charge in [0.15, 0.2) is 6.61 Å². The Kier molecular flexibility index (Phi) is 6.75. The van der Waals surface area contributed by atoms with Gasteiger partial charge in [0.25, 0.3) is 11.6 Å². The summed E-state index contributed by atoms with van der Waals surface area (Å²) in [4.78, 5) is 35.0. The summed E-state index contributed by atoms with van der Waals surface area (Å²) in [6.45, 7) is -0.949. The molecule has 0 saturated heterocycles. The summed E-state index contributed by atoms with van der Waals surface area (Å²) in [6, 6.07) is 9.52. The predicted molar refractivity (Wildman–Crippen MR) is 96.3 cm³/mol. The molecule has 8 nitrogen and oxygen atoms in total. The van der Waals surface area contributed by atoms with Gasteiger partial charge in [0.1, 0.15) is 5.75 Å². The van der Waals surface area contributed by atoms with E-state index in [1.807, 2.05) is 0 Å². The van der Waals surface area contributed by atoms with Crippen molar-refractivity contribution in [1.82, 2.24) is 4.90 Å². The SMILES string of the molecule is CN(CC(=O)Nc1ccccc1C(F)(F)F)C(=O)COc1ccc([N+](=O)[O-])cc1. The van der Waals surface area contributed by atoms with E-state index in [4.69, 9.17) is 4.74 Å². The minimum Gasteiger partial charge on any atom is -0.484 e. The first-order chi connectivity index (χ1) is 13.6. The van der Waals surface area contributed by atoms with Crippen LogP contribution in [0.1, 0.15) is 5.56 Å². The maximum Gasteiger partial charge on any atom is 0.418 e. The molecule has 0 saturated carbocycles. The van der Waals surface area contributed by atoms with Crippen LogP contribution in [0, 0.1) is 10.1 Å². The Morgan fingerprint density at radius 1 is 1.14 bits per heavy atom. The van der Waals surface area contributed by atoms with Gasteiger partial charge in [-0.1, -0.05) is 12.1 Å². The number of carbonyl (C=O) groups is 2. The van der Waals surface area contributed by atoms with Crippen molar-refractivity contribution in [3.05, 3.63) is 64.2 Å². The third-order valence-electron chi connectivity index (χ3n) is 3.72.